The molecule has 9 heteroatoms. The molecule has 1 N–H and O–H groups in total. The van der Waals surface area contributed by atoms with Crippen LogP contribution in [0.5, 0.6) is 0 Å². The van der Waals surface area contributed by atoms with Gasteiger partial charge in [0.2, 0.25) is 0 Å². The van der Waals surface area contributed by atoms with E-state index in [2.05, 4.69) is 65.0 Å². The van der Waals surface area contributed by atoms with Crippen LogP contribution in [-0.2, 0) is 28.2 Å². The van der Waals surface area contributed by atoms with Crippen molar-refractivity contribution in [3.8, 4) is 0 Å². The number of benzene rings is 1. The van der Waals surface area contributed by atoms with E-state index < -0.39 is 0 Å². The van der Waals surface area contributed by atoms with Crippen LogP contribution in [-0.4, -0.2) is 69.6 Å². The molecule has 0 atom stereocenters. The van der Waals surface area contributed by atoms with E-state index in [1.165, 1.54) is 10.2 Å². The molecule has 172 valence electrons. The molecule has 1 aromatic heterocycles. The Bertz CT molecular complexity index is 950. The third-order valence-electron chi connectivity index (χ3n) is 6.89. The smallest absolute Gasteiger partial charge is 0.327 e. The van der Waals surface area contributed by atoms with Crippen LogP contribution in [0.1, 0.15) is 43.9 Å². The standard InChI is InChI=1S/C23H32N6O3/c1-4-32-20(30)16-29-15-19(25-26-29)14-28-17-22(24-21(28)31)10-12-23(13-11-22,27(2)3)18-8-6-5-7-9-18/h5-9,15H,4,10-14,16-17H2,1-3H3,(H,24,31)/t22-,23-. The van der Waals surface area contributed by atoms with E-state index in [0.29, 0.717) is 25.4 Å². The second-order valence-corrected chi connectivity index (χ2v) is 9.07. The molecular weight excluding hydrogens is 408 g/mol. The van der Waals surface area contributed by atoms with Crippen molar-refractivity contribution in [1.29, 1.82) is 0 Å². The van der Waals surface area contributed by atoms with Gasteiger partial charge < -0.3 is 15.0 Å². The van der Waals surface area contributed by atoms with Crippen LogP contribution in [0.15, 0.2) is 36.5 Å². The Hall–Kier alpha value is -2.94. The minimum absolute atomic E-state index is 0.0134. The largest absolute Gasteiger partial charge is 0.465 e. The minimum atomic E-state index is -0.355. The first-order chi connectivity index (χ1) is 15.4. The molecule has 0 bridgehead atoms. The predicted octanol–water partition coefficient (Wildman–Crippen LogP) is 2.14. The Kier molecular flexibility index (Phi) is 6.19. The van der Waals surface area contributed by atoms with Gasteiger partial charge >= 0.3 is 12.0 Å². The van der Waals surface area contributed by atoms with E-state index >= 15 is 0 Å². The maximum absolute atomic E-state index is 12.8. The van der Waals surface area contributed by atoms with Crippen LogP contribution in [0, 0.1) is 0 Å². The molecule has 2 heterocycles. The topological polar surface area (TPSA) is 92.6 Å². The van der Waals surface area contributed by atoms with E-state index in [-0.39, 0.29) is 29.6 Å². The Morgan fingerprint density at radius 2 is 1.91 bits per heavy atom. The summed E-state index contributed by atoms with van der Waals surface area (Å²) in [5, 5.41) is 11.4. The normalized spacial score (nSPS) is 25.4. The summed E-state index contributed by atoms with van der Waals surface area (Å²) in [4.78, 5) is 28.5. The van der Waals surface area contributed by atoms with Gasteiger partial charge in [-0.15, -0.1) is 5.10 Å². The Balaban J connectivity index is 1.40. The van der Waals surface area contributed by atoms with E-state index in [1.54, 1.807) is 18.0 Å². The molecule has 1 spiro atoms. The van der Waals surface area contributed by atoms with Crippen LogP contribution in [0.3, 0.4) is 0 Å². The number of aromatic nitrogens is 3. The minimum Gasteiger partial charge on any atom is -0.465 e. The highest BCUT2D eigenvalue weighted by Gasteiger charge is 2.50. The van der Waals surface area contributed by atoms with Gasteiger partial charge in [-0.2, -0.15) is 0 Å². The Labute approximate surface area is 188 Å². The maximum atomic E-state index is 12.8. The zero-order valence-corrected chi connectivity index (χ0v) is 19.1. The number of ether oxygens (including phenoxy) is 1. The first kappa shape index (κ1) is 22.3. The lowest BCUT2D eigenvalue weighted by Gasteiger charge is -2.48. The second-order valence-electron chi connectivity index (χ2n) is 9.07. The summed E-state index contributed by atoms with van der Waals surface area (Å²) in [5.74, 6) is -0.355. The fourth-order valence-electron chi connectivity index (χ4n) is 5.10. The summed E-state index contributed by atoms with van der Waals surface area (Å²) >= 11 is 0. The first-order valence-corrected chi connectivity index (χ1v) is 11.2. The molecule has 2 aromatic rings. The van der Waals surface area contributed by atoms with Crippen LogP contribution in [0.4, 0.5) is 4.79 Å². The van der Waals surface area contributed by atoms with Crippen LogP contribution < -0.4 is 5.32 Å². The van der Waals surface area contributed by atoms with Crippen molar-refractivity contribution in [1.82, 2.24) is 30.1 Å². The third kappa shape index (κ3) is 4.34. The average Bonchev–Trinajstić information content (AvgIpc) is 3.33. The van der Waals surface area contributed by atoms with E-state index in [1.807, 2.05) is 0 Å². The molecular formula is C23H32N6O3. The zero-order valence-electron chi connectivity index (χ0n) is 19.1. The van der Waals surface area contributed by atoms with Gasteiger partial charge in [-0.25, -0.2) is 9.48 Å². The van der Waals surface area contributed by atoms with Crippen molar-refractivity contribution in [3.63, 3.8) is 0 Å². The molecule has 32 heavy (non-hydrogen) atoms. The molecule has 0 unspecified atom stereocenters. The molecule has 9 nitrogen and oxygen atoms in total. The lowest BCUT2D eigenvalue weighted by atomic mass is 9.69. The van der Waals surface area contributed by atoms with Gasteiger partial charge in [0, 0.05) is 12.1 Å². The number of carbonyl (C=O) groups is 2. The van der Waals surface area contributed by atoms with Crippen LogP contribution >= 0.6 is 0 Å². The van der Waals surface area contributed by atoms with Crippen molar-refractivity contribution in [2.24, 2.45) is 0 Å². The molecule has 1 aliphatic heterocycles. The fourth-order valence-corrected chi connectivity index (χ4v) is 5.10. The van der Waals surface area contributed by atoms with Crippen molar-refractivity contribution in [2.75, 3.05) is 27.2 Å². The number of urea groups is 1. The number of amides is 2. The van der Waals surface area contributed by atoms with Gasteiger partial charge in [0.05, 0.1) is 24.9 Å². The third-order valence-corrected chi connectivity index (χ3v) is 6.89. The number of hydrogen-bond donors (Lipinski definition) is 1. The molecule has 1 saturated heterocycles. The molecule has 0 radical (unpaired) electrons. The first-order valence-electron chi connectivity index (χ1n) is 11.2. The van der Waals surface area contributed by atoms with Gasteiger partial charge in [-0.3, -0.25) is 9.69 Å². The summed E-state index contributed by atoms with van der Waals surface area (Å²) in [6.45, 7) is 3.13. The monoisotopic (exact) mass is 440 g/mol. The number of carbonyl (C=O) groups excluding carboxylic acids is 2. The summed E-state index contributed by atoms with van der Waals surface area (Å²) in [6, 6.07) is 10.6. The van der Waals surface area contributed by atoms with Crippen LogP contribution in [0.25, 0.3) is 0 Å². The number of esters is 1. The summed E-state index contributed by atoms with van der Waals surface area (Å²) < 4.78 is 6.39. The van der Waals surface area contributed by atoms with E-state index in [4.69, 9.17) is 4.74 Å². The molecule has 4 rings (SSSR count). The van der Waals surface area contributed by atoms with Crippen molar-refractivity contribution < 1.29 is 14.3 Å². The highest BCUT2D eigenvalue weighted by molar-refractivity contribution is 5.78. The number of hydrogen-bond acceptors (Lipinski definition) is 6. The second kappa shape index (κ2) is 8.90. The molecule has 2 amide bonds. The fraction of sp³-hybridized carbons (Fsp3) is 0.565. The summed E-state index contributed by atoms with van der Waals surface area (Å²) in [7, 11) is 4.29. The molecule has 1 aromatic carbocycles. The maximum Gasteiger partial charge on any atom is 0.327 e. The van der Waals surface area contributed by atoms with Crippen molar-refractivity contribution >= 4 is 12.0 Å². The van der Waals surface area contributed by atoms with Gasteiger partial charge in [0.25, 0.3) is 0 Å². The van der Waals surface area contributed by atoms with Gasteiger partial charge in [-0.05, 0) is 52.3 Å². The highest BCUT2D eigenvalue weighted by Crippen LogP contribution is 2.46. The quantitative estimate of drug-likeness (QED) is 0.663. The highest BCUT2D eigenvalue weighted by atomic mass is 16.5. The molecule has 2 fully saturated rings. The van der Waals surface area contributed by atoms with Crippen LogP contribution in [0.2, 0.25) is 0 Å². The number of rotatable bonds is 7. The van der Waals surface area contributed by atoms with Gasteiger partial charge in [0.15, 0.2) is 0 Å². The lowest BCUT2D eigenvalue weighted by molar-refractivity contribution is -0.144. The average molecular weight is 441 g/mol. The van der Waals surface area contributed by atoms with E-state index in [9.17, 15) is 9.59 Å². The zero-order chi connectivity index (χ0) is 22.8. The SMILES string of the molecule is CCOC(=O)Cn1cc(CN2C[C@]3(CC[C@@](c4ccccc4)(N(C)C)CC3)NC2=O)nn1. The summed E-state index contributed by atoms with van der Waals surface area (Å²) in [6.07, 6.45) is 5.49. The Morgan fingerprint density at radius 3 is 2.56 bits per heavy atom. The van der Waals surface area contributed by atoms with Crippen molar-refractivity contribution in [2.45, 2.75) is 56.8 Å². The molecule has 2 aliphatic rings. The lowest BCUT2D eigenvalue weighted by Crippen LogP contribution is -2.54. The molecule has 1 aliphatic carbocycles. The summed E-state index contributed by atoms with van der Waals surface area (Å²) in [5.41, 5.74) is 1.76. The van der Waals surface area contributed by atoms with Gasteiger partial charge in [-0.1, -0.05) is 35.5 Å². The Morgan fingerprint density at radius 1 is 1.19 bits per heavy atom. The van der Waals surface area contributed by atoms with Crippen molar-refractivity contribution in [3.05, 3.63) is 47.8 Å². The van der Waals surface area contributed by atoms with E-state index in [0.717, 1.165) is 25.7 Å². The predicted molar refractivity (Wildman–Crippen MR) is 119 cm³/mol. The number of nitrogens with one attached hydrogen (secondary N) is 1. The van der Waals surface area contributed by atoms with Gasteiger partial charge in [0.1, 0.15) is 12.2 Å². The number of nitrogens with zero attached hydrogens (tertiary/aromatic N) is 5. The molecule has 1 saturated carbocycles.